The first-order valence-corrected chi connectivity index (χ1v) is 7.03. The molecule has 2 unspecified atom stereocenters. The van der Waals surface area contributed by atoms with Crippen LogP contribution >= 0.6 is 11.3 Å². The molecule has 4 nitrogen and oxygen atoms in total. The summed E-state index contributed by atoms with van der Waals surface area (Å²) in [6.07, 6.45) is -0.464. The van der Waals surface area contributed by atoms with Gasteiger partial charge in [-0.3, -0.25) is 0 Å². The van der Waals surface area contributed by atoms with Gasteiger partial charge in [0.15, 0.2) is 0 Å². The number of hydrogen-bond donors (Lipinski definition) is 2. The Bertz CT molecular complexity index is 330. The zero-order chi connectivity index (χ0) is 13.4. The average Bonchev–Trinajstić information content (AvgIpc) is 2.73. The Labute approximate surface area is 113 Å². The Morgan fingerprint density at radius 2 is 2.22 bits per heavy atom. The van der Waals surface area contributed by atoms with Crippen LogP contribution in [0.5, 0.6) is 0 Å². The molecule has 0 saturated carbocycles. The number of rotatable bonds is 9. The van der Waals surface area contributed by atoms with Crippen molar-refractivity contribution in [2.75, 3.05) is 26.9 Å². The third-order valence-corrected chi connectivity index (χ3v) is 3.63. The minimum absolute atomic E-state index is 0.0178. The normalized spacial score (nSPS) is 14.7. The molecule has 0 fully saturated rings. The van der Waals surface area contributed by atoms with Gasteiger partial charge in [0.2, 0.25) is 0 Å². The van der Waals surface area contributed by atoms with Crippen LogP contribution in [-0.4, -0.2) is 44.2 Å². The van der Waals surface area contributed by atoms with Gasteiger partial charge < -0.3 is 19.9 Å². The van der Waals surface area contributed by atoms with Gasteiger partial charge in [0.25, 0.3) is 0 Å². The van der Waals surface area contributed by atoms with E-state index in [-0.39, 0.29) is 6.10 Å². The van der Waals surface area contributed by atoms with Gasteiger partial charge in [-0.05, 0) is 30.9 Å². The summed E-state index contributed by atoms with van der Waals surface area (Å²) in [6.45, 7) is 6.25. The molecular formula is C13H23NO3S. The maximum atomic E-state index is 9.74. The Balaban J connectivity index is 2.10. The fourth-order valence-corrected chi connectivity index (χ4v) is 2.43. The first-order valence-electron chi connectivity index (χ1n) is 6.15. The summed E-state index contributed by atoms with van der Waals surface area (Å²) in [5.41, 5.74) is 1.30. The van der Waals surface area contributed by atoms with E-state index in [9.17, 15) is 5.11 Å². The van der Waals surface area contributed by atoms with Crippen LogP contribution in [0.1, 0.15) is 17.4 Å². The highest BCUT2D eigenvalue weighted by atomic mass is 32.1. The summed E-state index contributed by atoms with van der Waals surface area (Å²) in [7, 11) is 1.64. The van der Waals surface area contributed by atoms with Crippen molar-refractivity contribution in [1.82, 2.24) is 5.32 Å². The van der Waals surface area contributed by atoms with Crippen molar-refractivity contribution in [2.45, 2.75) is 32.6 Å². The predicted octanol–water partition coefficient (Wildman–Crippen LogP) is 1.56. The summed E-state index contributed by atoms with van der Waals surface area (Å²) in [6, 6.07) is 2.10. The van der Waals surface area contributed by atoms with E-state index in [0.29, 0.717) is 19.8 Å². The molecule has 0 spiro atoms. The summed E-state index contributed by atoms with van der Waals surface area (Å²) in [5.74, 6) is 0. The van der Waals surface area contributed by atoms with Crippen LogP contribution in [0, 0.1) is 6.92 Å². The van der Waals surface area contributed by atoms with Crippen LogP contribution in [0.3, 0.4) is 0 Å². The molecule has 18 heavy (non-hydrogen) atoms. The van der Waals surface area contributed by atoms with Gasteiger partial charge in [-0.1, -0.05) is 0 Å². The van der Waals surface area contributed by atoms with E-state index in [4.69, 9.17) is 9.47 Å². The van der Waals surface area contributed by atoms with E-state index in [1.165, 1.54) is 10.4 Å². The number of methoxy groups -OCH3 is 1. The molecule has 104 valence electrons. The highest BCUT2D eigenvalue weighted by Crippen LogP contribution is 2.14. The maximum Gasteiger partial charge on any atom is 0.0897 e. The van der Waals surface area contributed by atoms with Crippen LogP contribution in [-0.2, 0) is 16.0 Å². The van der Waals surface area contributed by atoms with Crippen LogP contribution in [0.15, 0.2) is 11.4 Å². The second-order valence-electron chi connectivity index (χ2n) is 4.41. The molecular weight excluding hydrogens is 250 g/mol. The second kappa shape index (κ2) is 8.61. The number of aliphatic hydroxyl groups excluding tert-OH is 1. The van der Waals surface area contributed by atoms with Gasteiger partial charge in [-0.25, -0.2) is 0 Å². The minimum atomic E-state index is -0.482. The fraction of sp³-hybridized carbons (Fsp3) is 0.692. The zero-order valence-electron chi connectivity index (χ0n) is 11.3. The van der Waals surface area contributed by atoms with E-state index >= 15 is 0 Å². The SMILES string of the molecule is COCC(C)OCC(O)CNCc1sccc1C. The van der Waals surface area contributed by atoms with Crippen molar-refractivity contribution >= 4 is 11.3 Å². The largest absolute Gasteiger partial charge is 0.389 e. The molecule has 0 bridgehead atoms. The number of ether oxygens (including phenoxy) is 2. The molecule has 1 aromatic heterocycles. The van der Waals surface area contributed by atoms with Crippen molar-refractivity contribution in [1.29, 1.82) is 0 Å². The van der Waals surface area contributed by atoms with Crippen LogP contribution in [0.4, 0.5) is 0 Å². The number of thiophene rings is 1. The molecule has 0 aliphatic carbocycles. The highest BCUT2D eigenvalue weighted by Gasteiger charge is 2.08. The van der Waals surface area contributed by atoms with Gasteiger partial charge in [0, 0.05) is 25.1 Å². The monoisotopic (exact) mass is 273 g/mol. The average molecular weight is 273 g/mol. The molecule has 5 heteroatoms. The highest BCUT2D eigenvalue weighted by molar-refractivity contribution is 7.10. The second-order valence-corrected chi connectivity index (χ2v) is 5.41. The third kappa shape index (κ3) is 5.93. The third-order valence-electron chi connectivity index (χ3n) is 2.61. The summed E-state index contributed by atoms with van der Waals surface area (Å²) in [4.78, 5) is 1.32. The molecule has 0 saturated heterocycles. The van der Waals surface area contributed by atoms with Crippen LogP contribution < -0.4 is 5.32 Å². The van der Waals surface area contributed by atoms with Gasteiger partial charge in [0.1, 0.15) is 0 Å². The van der Waals surface area contributed by atoms with E-state index in [1.54, 1.807) is 18.4 Å². The number of nitrogens with one attached hydrogen (secondary N) is 1. The van der Waals surface area contributed by atoms with Crippen LogP contribution in [0.2, 0.25) is 0 Å². The minimum Gasteiger partial charge on any atom is -0.389 e. The molecule has 1 aromatic rings. The van der Waals surface area contributed by atoms with Crippen LogP contribution in [0.25, 0.3) is 0 Å². The maximum absolute atomic E-state index is 9.74. The van der Waals surface area contributed by atoms with E-state index < -0.39 is 6.10 Å². The van der Waals surface area contributed by atoms with E-state index in [2.05, 4.69) is 23.7 Å². The smallest absolute Gasteiger partial charge is 0.0897 e. The lowest BCUT2D eigenvalue weighted by molar-refractivity contribution is -0.0311. The quantitative estimate of drug-likeness (QED) is 0.717. The number of aliphatic hydroxyl groups is 1. The summed E-state index contributed by atoms with van der Waals surface area (Å²) in [5, 5.41) is 15.1. The number of aryl methyl sites for hydroxylation is 1. The first kappa shape index (κ1) is 15.6. The Hall–Kier alpha value is -0.460. The predicted molar refractivity (Wildman–Crippen MR) is 74.1 cm³/mol. The molecule has 1 rings (SSSR count). The Morgan fingerprint density at radius 3 is 2.83 bits per heavy atom. The fourth-order valence-electron chi connectivity index (χ4n) is 1.55. The first-order chi connectivity index (χ1) is 8.63. The Kier molecular flexibility index (Phi) is 7.46. The Morgan fingerprint density at radius 1 is 1.44 bits per heavy atom. The summed E-state index contributed by atoms with van der Waals surface area (Å²) < 4.78 is 10.4. The topological polar surface area (TPSA) is 50.7 Å². The molecule has 0 aliphatic rings. The number of hydrogen-bond acceptors (Lipinski definition) is 5. The van der Waals surface area contributed by atoms with E-state index in [1.807, 2.05) is 6.92 Å². The molecule has 0 aromatic carbocycles. The lowest BCUT2D eigenvalue weighted by atomic mass is 10.3. The molecule has 2 atom stereocenters. The van der Waals surface area contributed by atoms with Crippen molar-refractivity contribution in [2.24, 2.45) is 0 Å². The van der Waals surface area contributed by atoms with Gasteiger partial charge in [-0.15, -0.1) is 11.3 Å². The lowest BCUT2D eigenvalue weighted by Gasteiger charge is -2.16. The molecule has 1 heterocycles. The zero-order valence-corrected chi connectivity index (χ0v) is 12.1. The van der Waals surface area contributed by atoms with Gasteiger partial charge >= 0.3 is 0 Å². The van der Waals surface area contributed by atoms with Gasteiger partial charge in [0.05, 0.1) is 25.4 Å². The van der Waals surface area contributed by atoms with Crippen molar-refractivity contribution in [3.05, 3.63) is 21.9 Å². The van der Waals surface area contributed by atoms with Crippen molar-refractivity contribution in [3.63, 3.8) is 0 Å². The molecule has 2 N–H and O–H groups in total. The lowest BCUT2D eigenvalue weighted by Crippen LogP contribution is -2.32. The standard InChI is InChI=1S/C13H23NO3S/c1-10-4-5-18-13(10)7-14-6-12(15)9-17-11(2)8-16-3/h4-5,11-12,14-15H,6-9H2,1-3H3. The van der Waals surface area contributed by atoms with Gasteiger partial charge in [-0.2, -0.15) is 0 Å². The molecule has 0 amide bonds. The van der Waals surface area contributed by atoms with Crippen molar-refractivity contribution < 1.29 is 14.6 Å². The molecule has 0 aliphatic heterocycles. The van der Waals surface area contributed by atoms with Crippen molar-refractivity contribution in [3.8, 4) is 0 Å². The summed E-state index contributed by atoms with van der Waals surface area (Å²) >= 11 is 1.73. The molecule has 0 radical (unpaired) electrons. The van der Waals surface area contributed by atoms with E-state index in [0.717, 1.165) is 6.54 Å².